The van der Waals surface area contributed by atoms with Crippen LogP contribution in [0.15, 0.2) is 48.5 Å². The van der Waals surface area contributed by atoms with E-state index in [1.165, 1.54) is 18.2 Å². The number of nitrogens with zero attached hydrogens (tertiary/aromatic N) is 3. The van der Waals surface area contributed by atoms with Gasteiger partial charge < -0.3 is 15.8 Å². The number of halogens is 1. The quantitative estimate of drug-likeness (QED) is 0.508. The maximum Gasteiger partial charge on any atom is 0.267 e. The molecule has 1 atom stereocenters. The summed E-state index contributed by atoms with van der Waals surface area (Å²) in [5.74, 6) is 0.984. The molecule has 0 radical (unpaired) electrons. The normalized spacial score (nSPS) is 17.7. The second-order valence-corrected chi connectivity index (χ2v) is 8.89. The van der Waals surface area contributed by atoms with E-state index < -0.39 is 5.91 Å². The molecule has 5 rings (SSSR count). The van der Waals surface area contributed by atoms with Gasteiger partial charge in [-0.25, -0.2) is 14.4 Å². The van der Waals surface area contributed by atoms with E-state index in [-0.39, 0.29) is 23.3 Å². The third-order valence-corrected chi connectivity index (χ3v) is 6.31. The Morgan fingerprint density at radius 3 is 2.51 bits per heavy atom. The molecule has 2 aromatic carbocycles. The van der Waals surface area contributed by atoms with Gasteiger partial charge in [0, 0.05) is 24.6 Å². The zero-order valence-corrected chi connectivity index (χ0v) is 19.2. The molecule has 0 bridgehead atoms. The van der Waals surface area contributed by atoms with Crippen LogP contribution in [0.3, 0.4) is 0 Å². The van der Waals surface area contributed by atoms with Crippen molar-refractivity contribution in [2.45, 2.75) is 38.3 Å². The third-order valence-electron chi connectivity index (χ3n) is 6.31. The van der Waals surface area contributed by atoms with Gasteiger partial charge in [0.1, 0.15) is 28.8 Å². The minimum Gasteiger partial charge on any atom is -0.457 e. The number of Topliss-reactive ketones (excluding diaryl/α,β-unsaturated/α-hetero) is 1. The SMILES string of the molecule is NC(=O)c1cc(N[C@H]2CCCC2=O)nc(-c2ccc(Oc3ccc(F)cc3)cc2CN2CCC2)n1. The van der Waals surface area contributed by atoms with Crippen LogP contribution in [-0.2, 0) is 11.3 Å². The molecule has 35 heavy (non-hydrogen) atoms. The van der Waals surface area contributed by atoms with Gasteiger partial charge in [-0.2, -0.15) is 0 Å². The molecule has 1 amide bonds. The number of carbonyl (C=O) groups is 2. The van der Waals surface area contributed by atoms with Crippen molar-refractivity contribution in [2.24, 2.45) is 5.73 Å². The number of amides is 1. The number of ether oxygens (including phenoxy) is 1. The Kier molecular flexibility index (Phi) is 6.41. The van der Waals surface area contributed by atoms with Gasteiger partial charge in [0.2, 0.25) is 0 Å². The number of anilines is 1. The van der Waals surface area contributed by atoms with E-state index in [0.29, 0.717) is 36.1 Å². The Bertz CT molecular complexity index is 1260. The van der Waals surface area contributed by atoms with Crippen LogP contribution in [0, 0.1) is 5.82 Å². The summed E-state index contributed by atoms with van der Waals surface area (Å²) in [4.78, 5) is 35.5. The fourth-order valence-electron chi connectivity index (χ4n) is 4.32. The highest BCUT2D eigenvalue weighted by atomic mass is 19.1. The topological polar surface area (TPSA) is 110 Å². The van der Waals surface area contributed by atoms with Gasteiger partial charge in [0.05, 0.1) is 6.04 Å². The molecule has 180 valence electrons. The van der Waals surface area contributed by atoms with Crippen molar-refractivity contribution < 1.29 is 18.7 Å². The van der Waals surface area contributed by atoms with Crippen molar-refractivity contribution in [1.82, 2.24) is 14.9 Å². The molecule has 9 heteroatoms. The fourth-order valence-corrected chi connectivity index (χ4v) is 4.32. The molecule has 0 spiro atoms. The Morgan fingerprint density at radius 2 is 1.86 bits per heavy atom. The standard InChI is InChI=1S/C26H26FN5O3/c27-17-5-7-18(8-6-17)35-19-9-10-20(16(13-19)15-32-11-2-12-32)26-30-22(25(28)34)14-24(31-26)29-21-3-1-4-23(21)33/h5-10,13-14,21H,1-4,11-12,15H2,(H2,28,34)(H,29,30,31)/t21-/m0/s1. The zero-order valence-electron chi connectivity index (χ0n) is 19.2. The molecule has 1 aliphatic carbocycles. The van der Waals surface area contributed by atoms with Gasteiger partial charge in [-0.3, -0.25) is 14.5 Å². The average Bonchev–Trinajstić information content (AvgIpc) is 3.22. The minimum atomic E-state index is -0.671. The highest BCUT2D eigenvalue weighted by Crippen LogP contribution is 2.31. The number of hydrogen-bond acceptors (Lipinski definition) is 7. The predicted molar refractivity (Wildman–Crippen MR) is 129 cm³/mol. The van der Waals surface area contributed by atoms with Crippen LogP contribution in [0.25, 0.3) is 11.4 Å². The van der Waals surface area contributed by atoms with Gasteiger partial charge >= 0.3 is 0 Å². The summed E-state index contributed by atoms with van der Waals surface area (Å²) < 4.78 is 19.2. The number of hydrogen-bond donors (Lipinski definition) is 2. The number of likely N-dealkylation sites (tertiary alicyclic amines) is 1. The molecule has 3 N–H and O–H groups in total. The van der Waals surface area contributed by atoms with Crippen LogP contribution in [0.5, 0.6) is 11.5 Å². The Morgan fingerprint density at radius 1 is 1.09 bits per heavy atom. The lowest BCUT2D eigenvalue weighted by Crippen LogP contribution is -2.36. The lowest BCUT2D eigenvalue weighted by Gasteiger charge is -2.31. The summed E-state index contributed by atoms with van der Waals surface area (Å²) >= 11 is 0. The number of nitrogens with one attached hydrogen (secondary N) is 1. The number of carbonyl (C=O) groups excluding carboxylic acids is 2. The van der Waals surface area contributed by atoms with Gasteiger partial charge in [0.25, 0.3) is 5.91 Å². The average molecular weight is 476 g/mol. The molecule has 3 aromatic rings. The zero-order chi connectivity index (χ0) is 24.4. The number of nitrogens with two attached hydrogens (primary N) is 1. The minimum absolute atomic E-state index is 0.0736. The molecule has 2 aliphatic rings. The third kappa shape index (κ3) is 5.30. The summed E-state index contributed by atoms with van der Waals surface area (Å²) in [5, 5.41) is 3.15. The Hall–Kier alpha value is -3.85. The predicted octanol–water partition coefficient (Wildman–Crippen LogP) is 3.91. The number of primary amides is 1. The summed E-state index contributed by atoms with van der Waals surface area (Å²) in [6.07, 6.45) is 3.22. The lowest BCUT2D eigenvalue weighted by atomic mass is 10.0. The number of benzene rings is 2. The van der Waals surface area contributed by atoms with Gasteiger partial charge in [-0.05, 0) is 80.4 Å². The van der Waals surface area contributed by atoms with Crippen molar-refractivity contribution in [3.63, 3.8) is 0 Å². The molecule has 1 saturated carbocycles. The first-order valence-electron chi connectivity index (χ1n) is 11.7. The van der Waals surface area contributed by atoms with Gasteiger partial charge in [0.15, 0.2) is 11.6 Å². The summed E-state index contributed by atoms with van der Waals surface area (Å²) in [5.41, 5.74) is 7.30. The van der Waals surface area contributed by atoms with Gasteiger partial charge in [-0.15, -0.1) is 0 Å². The van der Waals surface area contributed by atoms with Crippen LogP contribution in [0.1, 0.15) is 41.7 Å². The highest BCUT2D eigenvalue weighted by molar-refractivity contribution is 5.93. The second-order valence-electron chi connectivity index (χ2n) is 8.89. The van der Waals surface area contributed by atoms with Crippen molar-refractivity contribution in [2.75, 3.05) is 18.4 Å². The smallest absolute Gasteiger partial charge is 0.267 e. The number of aromatic nitrogens is 2. The maximum atomic E-state index is 13.3. The van der Waals surface area contributed by atoms with E-state index in [2.05, 4.69) is 20.2 Å². The van der Waals surface area contributed by atoms with E-state index in [9.17, 15) is 14.0 Å². The van der Waals surface area contributed by atoms with Crippen molar-refractivity contribution >= 4 is 17.5 Å². The first-order chi connectivity index (χ1) is 16.9. The monoisotopic (exact) mass is 475 g/mol. The summed E-state index contributed by atoms with van der Waals surface area (Å²) in [6, 6.07) is 12.5. The summed E-state index contributed by atoms with van der Waals surface area (Å²) in [7, 11) is 0. The van der Waals surface area contributed by atoms with Crippen LogP contribution in [0.2, 0.25) is 0 Å². The molecule has 1 aliphatic heterocycles. The van der Waals surface area contributed by atoms with Gasteiger partial charge in [-0.1, -0.05) is 0 Å². The summed E-state index contributed by atoms with van der Waals surface area (Å²) in [6.45, 7) is 2.63. The Balaban J connectivity index is 1.50. The van der Waals surface area contributed by atoms with Crippen LogP contribution >= 0.6 is 0 Å². The van der Waals surface area contributed by atoms with E-state index in [0.717, 1.165) is 43.5 Å². The first-order valence-corrected chi connectivity index (χ1v) is 11.7. The number of rotatable bonds is 8. The van der Waals surface area contributed by atoms with Crippen molar-refractivity contribution in [3.8, 4) is 22.9 Å². The largest absolute Gasteiger partial charge is 0.457 e. The van der Waals surface area contributed by atoms with E-state index in [1.54, 1.807) is 18.2 Å². The molecular weight excluding hydrogens is 449 g/mol. The molecule has 2 fully saturated rings. The van der Waals surface area contributed by atoms with Crippen molar-refractivity contribution in [1.29, 1.82) is 0 Å². The fraction of sp³-hybridized carbons (Fsp3) is 0.308. The highest BCUT2D eigenvalue weighted by Gasteiger charge is 2.25. The first kappa shape index (κ1) is 22.9. The second kappa shape index (κ2) is 9.79. The van der Waals surface area contributed by atoms with Crippen LogP contribution in [-0.4, -0.2) is 45.7 Å². The van der Waals surface area contributed by atoms with E-state index in [4.69, 9.17) is 10.5 Å². The van der Waals surface area contributed by atoms with Crippen molar-refractivity contribution in [3.05, 3.63) is 65.6 Å². The lowest BCUT2D eigenvalue weighted by molar-refractivity contribution is -0.118. The molecule has 1 saturated heterocycles. The molecule has 2 heterocycles. The maximum absolute atomic E-state index is 13.3. The Labute approximate surface area is 202 Å². The molecular formula is C26H26FN5O3. The number of ketones is 1. The van der Waals surface area contributed by atoms with E-state index >= 15 is 0 Å². The molecule has 0 unspecified atom stereocenters. The van der Waals surface area contributed by atoms with E-state index in [1.807, 2.05) is 12.1 Å². The van der Waals surface area contributed by atoms with Crippen LogP contribution < -0.4 is 15.8 Å². The molecule has 1 aromatic heterocycles. The molecule has 8 nitrogen and oxygen atoms in total. The van der Waals surface area contributed by atoms with Crippen LogP contribution in [0.4, 0.5) is 10.2 Å².